The zero-order valence-electron chi connectivity index (χ0n) is 14.2. The Kier molecular flexibility index (Phi) is 5.49. The average molecular weight is 373 g/mol. The van der Waals surface area contributed by atoms with Crippen LogP contribution in [0.5, 0.6) is 0 Å². The van der Waals surface area contributed by atoms with Crippen LogP contribution in [0.1, 0.15) is 21.6 Å². The minimum absolute atomic E-state index is 0.166. The van der Waals surface area contributed by atoms with Gasteiger partial charge >= 0.3 is 0 Å². The van der Waals surface area contributed by atoms with Crippen molar-refractivity contribution >= 4 is 28.4 Å². The number of carbonyl (C=O) groups is 1. The minimum atomic E-state index is -0.334. The molecule has 4 nitrogen and oxygen atoms in total. The zero-order valence-corrected chi connectivity index (χ0v) is 15.0. The molecule has 0 aliphatic heterocycles. The number of aliphatic hydroxyl groups is 1. The van der Waals surface area contributed by atoms with Gasteiger partial charge in [-0.1, -0.05) is 23.7 Å². The lowest BCUT2D eigenvalue weighted by atomic mass is 10.1. The maximum atomic E-state index is 13.2. The number of nitrogens with zero attached hydrogens (tertiary/aromatic N) is 2. The molecule has 134 valence electrons. The fraction of sp³-hybridized carbons (Fsp3) is 0.200. The zero-order chi connectivity index (χ0) is 18.7. The van der Waals surface area contributed by atoms with Gasteiger partial charge in [0.15, 0.2) is 0 Å². The molecule has 26 heavy (non-hydrogen) atoms. The van der Waals surface area contributed by atoms with Crippen LogP contribution in [0.25, 0.3) is 10.9 Å². The molecule has 1 N–H and O–H groups in total. The van der Waals surface area contributed by atoms with E-state index in [2.05, 4.69) is 4.98 Å². The monoisotopic (exact) mass is 372 g/mol. The average Bonchev–Trinajstić information content (AvgIpc) is 2.62. The molecule has 2 aromatic carbocycles. The van der Waals surface area contributed by atoms with Crippen molar-refractivity contribution in [2.75, 3.05) is 13.2 Å². The number of aryl methyl sites for hydroxylation is 1. The van der Waals surface area contributed by atoms with E-state index >= 15 is 0 Å². The van der Waals surface area contributed by atoms with E-state index < -0.39 is 0 Å². The van der Waals surface area contributed by atoms with Crippen LogP contribution in [-0.2, 0) is 6.54 Å². The fourth-order valence-corrected chi connectivity index (χ4v) is 3.03. The molecule has 3 rings (SSSR count). The maximum absolute atomic E-state index is 13.2. The number of pyridine rings is 1. The predicted molar refractivity (Wildman–Crippen MR) is 99.7 cm³/mol. The van der Waals surface area contributed by atoms with E-state index in [0.717, 1.165) is 5.56 Å². The van der Waals surface area contributed by atoms with Gasteiger partial charge in [0.25, 0.3) is 5.91 Å². The van der Waals surface area contributed by atoms with E-state index in [1.165, 1.54) is 17.0 Å². The number of aromatic nitrogens is 1. The van der Waals surface area contributed by atoms with Gasteiger partial charge in [0.1, 0.15) is 5.82 Å². The number of hydrogen-bond donors (Lipinski definition) is 1. The van der Waals surface area contributed by atoms with Gasteiger partial charge in [-0.25, -0.2) is 4.39 Å². The standard InChI is InChI=1S/C20H18ClFN2O2/c1-13-10-18(17-11-15(21)4-7-19(17)23-13)20(26)24(8-9-25)12-14-2-5-16(22)6-3-14/h2-7,10-11,25H,8-9,12H2,1H3. The normalized spacial score (nSPS) is 10.9. The molecule has 0 fully saturated rings. The van der Waals surface area contributed by atoms with Gasteiger partial charge in [-0.15, -0.1) is 0 Å². The molecular formula is C20H18ClFN2O2. The number of halogens is 2. The molecule has 0 aliphatic rings. The highest BCUT2D eigenvalue weighted by atomic mass is 35.5. The van der Waals surface area contributed by atoms with Gasteiger partial charge in [-0.05, 0) is 48.9 Å². The van der Waals surface area contributed by atoms with Crippen LogP contribution in [0.4, 0.5) is 4.39 Å². The lowest BCUT2D eigenvalue weighted by molar-refractivity contribution is 0.0709. The molecule has 0 bridgehead atoms. The molecule has 0 saturated heterocycles. The summed E-state index contributed by atoms with van der Waals surface area (Å²) in [4.78, 5) is 19.1. The number of aliphatic hydroxyl groups excluding tert-OH is 1. The molecule has 1 heterocycles. The SMILES string of the molecule is Cc1cc(C(=O)N(CCO)Cc2ccc(F)cc2)c2cc(Cl)ccc2n1. The first kappa shape index (κ1) is 18.3. The number of amides is 1. The van der Waals surface area contributed by atoms with Crippen LogP contribution in [0, 0.1) is 12.7 Å². The molecule has 0 spiro atoms. The van der Waals surface area contributed by atoms with E-state index in [1.807, 2.05) is 6.92 Å². The third-order valence-corrected chi connectivity index (χ3v) is 4.31. The lowest BCUT2D eigenvalue weighted by Gasteiger charge is -2.23. The Labute approximate surface area is 155 Å². The van der Waals surface area contributed by atoms with Crippen molar-refractivity contribution in [1.29, 1.82) is 0 Å². The van der Waals surface area contributed by atoms with Gasteiger partial charge in [0.2, 0.25) is 0 Å². The van der Waals surface area contributed by atoms with Crippen LogP contribution in [0.15, 0.2) is 48.5 Å². The van der Waals surface area contributed by atoms with E-state index in [9.17, 15) is 14.3 Å². The van der Waals surface area contributed by atoms with E-state index in [1.54, 1.807) is 36.4 Å². The third-order valence-electron chi connectivity index (χ3n) is 4.07. The van der Waals surface area contributed by atoms with Crippen LogP contribution >= 0.6 is 11.6 Å². The first-order chi connectivity index (χ1) is 12.5. The molecular weight excluding hydrogens is 355 g/mol. The van der Waals surface area contributed by atoms with Crippen molar-refractivity contribution in [3.05, 3.63) is 76.2 Å². The van der Waals surface area contributed by atoms with Crippen molar-refractivity contribution in [3.8, 4) is 0 Å². The topological polar surface area (TPSA) is 53.4 Å². The second-order valence-electron chi connectivity index (χ2n) is 6.05. The van der Waals surface area contributed by atoms with Crippen LogP contribution in [-0.4, -0.2) is 34.0 Å². The van der Waals surface area contributed by atoms with Gasteiger partial charge in [-0.3, -0.25) is 9.78 Å². The second kappa shape index (κ2) is 7.81. The van der Waals surface area contributed by atoms with Gasteiger partial charge in [0.05, 0.1) is 17.7 Å². The minimum Gasteiger partial charge on any atom is -0.395 e. The first-order valence-electron chi connectivity index (χ1n) is 8.19. The molecule has 3 aromatic rings. The highest BCUT2D eigenvalue weighted by Gasteiger charge is 2.19. The van der Waals surface area contributed by atoms with Crippen LogP contribution < -0.4 is 0 Å². The molecule has 0 atom stereocenters. The Morgan fingerprint density at radius 2 is 1.92 bits per heavy atom. The second-order valence-corrected chi connectivity index (χ2v) is 6.49. The summed E-state index contributed by atoms with van der Waals surface area (Å²) in [5.74, 6) is -0.569. The van der Waals surface area contributed by atoms with E-state index in [-0.39, 0.29) is 31.4 Å². The lowest BCUT2D eigenvalue weighted by Crippen LogP contribution is -2.33. The van der Waals surface area contributed by atoms with E-state index in [4.69, 9.17) is 11.6 Å². The molecule has 0 radical (unpaired) electrons. The van der Waals surface area contributed by atoms with Crippen molar-refractivity contribution in [3.63, 3.8) is 0 Å². The van der Waals surface area contributed by atoms with Crippen LogP contribution in [0.2, 0.25) is 5.02 Å². The molecule has 0 unspecified atom stereocenters. The molecule has 1 amide bonds. The smallest absolute Gasteiger partial charge is 0.254 e. The van der Waals surface area contributed by atoms with Crippen molar-refractivity contribution < 1.29 is 14.3 Å². The van der Waals surface area contributed by atoms with Crippen LogP contribution in [0.3, 0.4) is 0 Å². The Balaban J connectivity index is 2.00. The summed E-state index contributed by atoms with van der Waals surface area (Å²) in [5.41, 5.74) is 2.66. The summed E-state index contributed by atoms with van der Waals surface area (Å²) in [6.45, 7) is 2.08. The van der Waals surface area contributed by atoms with Crippen molar-refractivity contribution in [2.24, 2.45) is 0 Å². The quantitative estimate of drug-likeness (QED) is 0.737. The van der Waals surface area contributed by atoms with E-state index in [0.29, 0.717) is 27.2 Å². The summed E-state index contributed by atoms with van der Waals surface area (Å²) in [6.07, 6.45) is 0. The Bertz CT molecular complexity index is 944. The summed E-state index contributed by atoms with van der Waals surface area (Å²) < 4.78 is 13.1. The van der Waals surface area contributed by atoms with Gasteiger partial charge in [0, 0.05) is 29.2 Å². The van der Waals surface area contributed by atoms with Gasteiger partial charge < -0.3 is 10.0 Å². The highest BCUT2D eigenvalue weighted by molar-refractivity contribution is 6.31. The highest BCUT2D eigenvalue weighted by Crippen LogP contribution is 2.24. The third kappa shape index (κ3) is 4.00. The largest absolute Gasteiger partial charge is 0.395 e. The molecule has 1 aromatic heterocycles. The maximum Gasteiger partial charge on any atom is 0.254 e. The molecule has 0 saturated carbocycles. The molecule has 0 aliphatic carbocycles. The Morgan fingerprint density at radius 1 is 1.19 bits per heavy atom. The summed E-state index contributed by atoms with van der Waals surface area (Å²) in [5, 5.41) is 10.6. The fourth-order valence-electron chi connectivity index (χ4n) is 2.86. The number of hydrogen-bond acceptors (Lipinski definition) is 3. The van der Waals surface area contributed by atoms with Crippen molar-refractivity contribution in [1.82, 2.24) is 9.88 Å². The first-order valence-corrected chi connectivity index (χ1v) is 8.57. The predicted octanol–water partition coefficient (Wildman–Crippen LogP) is 3.97. The summed E-state index contributed by atoms with van der Waals surface area (Å²) in [6, 6.07) is 12.9. The number of carbonyl (C=O) groups excluding carboxylic acids is 1. The summed E-state index contributed by atoms with van der Waals surface area (Å²) >= 11 is 6.09. The number of benzene rings is 2. The Hall–Kier alpha value is -2.50. The number of rotatable bonds is 5. The van der Waals surface area contributed by atoms with Gasteiger partial charge in [-0.2, -0.15) is 0 Å². The number of fused-ring (bicyclic) bond motifs is 1. The van der Waals surface area contributed by atoms with Crippen molar-refractivity contribution in [2.45, 2.75) is 13.5 Å². The Morgan fingerprint density at radius 3 is 2.62 bits per heavy atom. The molecule has 6 heteroatoms. The summed E-state index contributed by atoms with van der Waals surface area (Å²) in [7, 11) is 0.